The molecule has 1 aromatic carbocycles. The Kier molecular flexibility index (Phi) is 14.1. The van der Waals surface area contributed by atoms with E-state index in [0.717, 1.165) is 17.7 Å². The lowest BCUT2D eigenvalue weighted by Crippen LogP contribution is -1.97. The van der Waals surface area contributed by atoms with Gasteiger partial charge in [-0.3, -0.25) is 0 Å². The quantitative estimate of drug-likeness (QED) is 0.551. The first-order chi connectivity index (χ1) is 8.35. The van der Waals surface area contributed by atoms with Gasteiger partial charge in [-0.2, -0.15) is 0 Å². The number of hydrogen-bond acceptors (Lipinski definition) is 2. The lowest BCUT2D eigenvalue weighted by atomic mass is 10.3. The molecule has 0 atom stereocenters. The van der Waals surface area contributed by atoms with Crippen molar-refractivity contribution in [2.24, 2.45) is 0 Å². The van der Waals surface area contributed by atoms with Crippen molar-refractivity contribution >= 4 is 39.1 Å². The molecule has 0 bridgehead atoms. The maximum Gasteiger partial charge on any atom is 0.119 e. The smallest absolute Gasteiger partial charge is 0.119 e. The standard InChI is InChI=1S/C8H9BrO.C4H8Cl2O/c9-6-7-10-8-4-2-1-3-5-8;5-1-3-7-4-2-6/h1-5H,6-7H2;1-4H2. The van der Waals surface area contributed by atoms with Crippen molar-refractivity contribution in [2.75, 3.05) is 36.9 Å². The first-order valence-corrected chi connectivity index (χ1v) is 7.47. The SMILES string of the molecule is BrCCOc1ccccc1.ClCCOCCCl. The van der Waals surface area contributed by atoms with Crippen LogP contribution in [-0.2, 0) is 4.74 Å². The summed E-state index contributed by atoms with van der Waals surface area (Å²) < 4.78 is 10.2. The molecule has 0 aliphatic rings. The first-order valence-electron chi connectivity index (χ1n) is 5.28. The maximum absolute atomic E-state index is 5.31. The van der Waals surface area contributed by atoms with Crippen molar-refractivity contribution in [3.8, 4) is 5.75 Å². The molecule has 17 heavy (non-hydrogen) atoms. The van der Waals surface area contributed by atoms with Gasteiger partial charge < -0.3 is 9.47 Å². The molecule has 0 aliphatic carbocycles. The number of para-hydroxylation sites is 1. The van der Waals surface area contributed by atoms with Gasteiger partial charge in [0.1, 0.15) is 5.75 Å². The van der Waals surface area contributed by atoms with Crippen LogP contribution in [0, 0.1) is 0 Å². The predicted octanol–water partition coefficient (Wildman–Crippen LogP) is 3.94. The Balaban J connectivity index is 0.000000325. The van der Waals surface area contributed by atoms with Gasteiger partial charge in [0.05, 0.1) is 19.8 Å². The predicted molar refractivity (Wildman–Crippen MR) is 78.0 cm³/mol. The minimum absolute atomic E-state index is 0.552. The molecule has 0 fully saturated rings. The summed E-state index contributed by atoms with van der Waals surface area (Å²) in [7, 11) is 0. The number of hydrogen-bond donors (Lipinski definition) is 0. The molecular weight excluding hydrogens is 327 g/mol. The van der Waals surface area contributed by atoms with Crippen molar-refractivity contribution in [3.63, 3.8) is 0 Å². The largest absolute Gasteiger partial charge is 0.493 e. The Labute approximate surface area is 121 Å². The monoisotopic (exact) mass is 342 g/mol. The van der Waals surface area contributed by atoms with Crippen molar-refractivity contribution in [3.05, 3.63) is 30.3 Å². The molecular formula is C12H17BrCl2O2. The second-order valence-electron chi connectivity index (χ2n) is 2.84. The lowest BCUT2D eigenvalue weighted by molar-refractivity contribution is 0.165. The highest BCUT2D eigenvalue weighted by Gasteiger charge is 1.87. The molecule has 1 aromatic rings. The number of alkyl halides is 3. The lowest BCUT2D eigenvalue weighted by Gasteiger charge is -2.01. The molecule has 0 aromatic heterocycles. The van der Waals surface area contributed by atoms with Gasteiger partial charge in [0, 0.05) is 17.1 Å². The summed E-state index contributed by atoms with van der Waals surface area (Å²) in [4.78, 5) is 0. The molecule has 1 rings (SSSR count). The Hall–Kier alpha value is 0.0400. The van der Waals surface area contributed by atoms with Crippen LogP contribution in [0.25, 0.3) is 0 Å². The zero-order valence-electron chi connectivity index (χ0n) is 9.58. The van der Waals surface area contributed by atoms with Gasteiger partial charge in [-0.15, -0.1) is 23.2 Å². The van der Waals surface area contributed by atoms with E-state index in [9.17, 15) is 0 Å². The Morgan fingerprint density at radius 1 is 0.941 bits per heavy atom. The second kappa shape index (κ2) is 14.1. The van der Waals surface area contributed by atoms with Crippen LogP contribution in [0.5, 0.6) is 5.75 Å². The molecule has 0 heterocycles. The van der Waals surface area contributed by atoms with Gasteiger partial charge in [0.25, 0.3) is 0 Å². The highest BCUT2D eigenvalue weighted by Crippen LogP contribution is 2.07. The third-order valence-electron chi connectivity index (χ3n) is 1.53. The Morgan fingerprint density at radius 3 is 2.00 bits per heavy atom. The summed E-state index contributed by atoms with van der Waals surface area (Å²) in [5.41, 5.74) is 0. The zero-order chi connectivity index (χ0) is 12.8. The topological polar surface area (TPSA) is 18.5 Å². The summed E-state index contributed by atoms with van der Waals surface area (Å²) >= 11 is 13.8. The summed E-state index contributed by atoms with van der Waals surface area (Å²) in [5.74, 6) is 2.04. The van der Waals surface area contributed by atoms with Crippen LogP contribution < -0.4 is 4.74 Å². The van der Waals surface area contributed by atoms with Crippen molar-refractivity contribution in [1.82, 2.24) is 0 Å². The zero-order valence-corrected chi connectivity index (χ0v) is 12.7. The van der Waals surface area contributed by atoms with Gasteiger partial charge in [-0.25, -0.2) is 0 Å². The average molecular weight is 344 g/mol. The number of ether oxygens (including phenoxy) is 2. The minimum Gasteiger partial charge on any atom is -0.493 e. The Bertz CT molecular complexity index is 244. The fraction of sp³-hybridized carbons (Fsp3) is 0.500. The van der Waals surface area contributed by atoms with E-state index in [1.54, 1.807) is 0 Å². The van der Waals surface area contributed by atoms with E-state index in [1.165, 1.54) is 0 Å². The fourth-order valence-corrected chi connectivity index (χ4v) is 1.26. The van der Waals surface area contributed by atoms with Gasteiger partial charge in [-0.1, -0.05) is 34.1 Å². The van der Waals surface area contributed by atoms with Crippen LogP contribution in [0.15, 0.2) is 30.3 Å². The van der Waals surface area contributed by atoms with Crippen molar-refractivity contribution in [1.29, 1.82) is 0 Å². The van der Waals surface area contributed by atoms with E-state index in [1.807, 2.05) is 30.3 Å². The molecule has 0 radical (unpaired) electrons. The van der Waals surface area contributed by atoms with E-state index in [2.05, 4.69) is 15.9 Å². The highest BCUT2D eigenvalue weighted by atomic mass is 79.9. The van der Waals surface area contributed by atoms with E-state index in [4.69, 9.17) is 32.7 Å². The van der Waals surface area contributed by atoms with Gasteiger partial charge >= 0.3 is 0 Å². The Morgan fingerprint density at radius 2 is 1.53 bits per heavy atom. The molecule has 5 heteroatoms. The van der Waals surface area contributed by atoms with Crippen LogP contribution in [0.4, 0.5) is 0 Å². The number of halogens is 3. The number of benzene rings is 1. The van der Waals surface area contributed by atoms with Crippen LogP contribution >= 0.6 is 39.1 Å². The molecule has 0 saturated carbocycles. The highest BCUT2D eigenvalue weighted by molar-refractivity contribution is 9.09. The van der Waals surface area contributed by atoms with Crippen LogP contribution in [-0.4, -0.2) is 36.9 Å². The van der Waals surface area contributed by atoms with E-state index in [-0.39, 0.29) is 0 Å². The third-order valence-corrected chi connectivity index (χ3v) is 2.16. The first kappa shape index (κ1) is 17.0. The molecule has 0 spiro atoms. The molecule has 0 amide bonds. The average Bonchev–Trinajstić information content (AvgIpc) is 2.39. The van der Waals surface area contributed by atoms with Gasteiger partial charge in [-0.05, 0) is 12.1 Å². The second-order valence-corrected chi connectivity index (χ2v) is 4.39. The fourth-order valence-electron chi connectivity index (χ4n) is 0.884. The van der Waals surface area contributed by atoms with Crippen LogP contribution in [0.1, 0.15) is 0 Å². The third kappa shape index (κ3) is 12.3. The molecule has 0 saturated heterocycles. The molecule has 2 nitrogen and oxygen atoms in total. The van der Waals surface area contributed by atoms with Crippen molar-refractivity contribution in [2.45, 2.75) is 0 Å². The molecule has 0 aliphatic heterocycles. The van der Waals surface area contributed by atoms with Gasteiger partial charge in [0.2, 0.25) is 0 Å². The molecule has 0 N–H and O–H groups in total. The maximum atomic E-state index is 5.31. The minimum atomic E-state index is 0.552. The molecule has 98 valence electrons. The van der Waals surface area contributed by atoms with Crippen LogP contribution in [0.3, 0.4) is 0 Å². The van der Waals surface area contributed by atoms with E-state index >= 15 is 0 Å². The normalized spacial score (nSPS) is 9.35. The van der Waals surface area contributed by atoms with Crippen molar-refractivity contribution < 1.29 is 9.47 Å². The summed E-state index contributed by atoms with van der Waals surface area (Å²) in [6.45, 7) is 1.94. The van der Waals surface area contributed by atoms with E-state index < -0.39 is 0 Å². The van der Waals surface area contributed by atoms with E-state index in [0.29, 0.717) is 25.0 Å². The molecule has 0 unspecified atom stereocenters. The number of rotatable bonds is 7. The summed E-state index contributed by atoms with van der Waals surface area (Å²) in [5, 5.41) is 0.877. The summed E-state index contributed by atoms with van der Waals surface area (Å²) in [6.07, 6.45) is 0. The van der Waals surface area contributed by atoms with Gasteiger partial charge in [0.15, 0.2) is 0 Å². The summed E-state index contributed by atoms with van der Waals surface area (Å²) in [6, 6.07) is 9.79. The van der Waals surface area contributed by atoms with Crippen LogP contribution in [0.2, 0.25) is 0 Å².